The minimum atomic E-state index is -3.78. The Bertz CT molecular complexity index is 2010. The van der Waals surface area contributed by atoms with Gasteiger partial charge in [0.2, 0.25) is 0 Å². The van der Waals surface area contributed by atoms with Gasteiger partial charge in [-0.25, -0.2) is 18.4 Å². The fourth-order valence-corrected chi connectivity index (χ4v) is 5.35. The summed E-state index contributed by atoms with van der Waals surface area (Å²) in [5.41, 5.74) is 3.52. The molecule has 0 spiro atoms. The first-order valence-electron chi connectivity index (χ1n) is 12.2. The van der Waals surface area contributed by atoms with Gasteiger partial charge in [0.25, 0.3) is 0 Å². The average molecular weight is 575 g/mol. The standard InChI is InChI=1S/C29H20F2N4O5S/c1-16-33-21(14-32)15-35(16)24-9-7-19(18-5-4-6-22(11-18)41(3,36)37)12-23(24)27-28(38-17(2)34-27)20-8-10-25-26(13-20)40-29(30,31)39-25/h4-13,15H,1-3H3. The minimum absolute atomic E-state index is 0.108. The number of fused-ring (bicyclic) bond motifs is 1. The summed E-state index contributed by atoms with van der Waals surface area (Å²) >= 11 is 0. The predicted molar refractivity (Wildman–Crippen MR) is 143 cm³/mol. The van der Waals surface area contributed by atoms with E-state index in [0.29, 0.717) is 45.4 Å². The van der Waals surface area contributed by atoms with Gasteiger partial charge in [0.1, 0.15) is 17.6 Å². The molecule has 6 rings (SSSR count). The monoisotopic (exact) mass is 574 g/mol. The maximum absolute atomic E-state index is 13.7. The number of imidazole rings is 1. The number of oxazole rings is 1. The normalized spacial score (nSPS) is 13.8. The Morgan fingerprint density at radius 2 is 1.66 bits per heavy atom. The predicted octanol–water partition coefficient (Wildman–Crippen LogP) is 6.07. The smallest absolute Gasteiger partial charge is 0.440 e. The Kier molecular flexibility index (Phi) is 5.93. The van der Waals surface area contributed by atoms with Gasteiger partial charge in [-0.3, -0.25) is 0 Å². The zero-order chi connectivity index (χ0) is 29.1. The second-order valence-corrected chi connectivity index (χ2v) is 11.4. The number of alkyl halides is 2. The summed E-state index contributed by atoms with van der Waals surface area (Å²) in [6, 6.07) is 18.3. The molecule has 12 heteroatoms. The summed E-state index contributed by atoms with van der Waals surface area (Å²) in [6.45, 7) is 3.41. The Labute approximate surface area is 233 Å². The molecule has 0 amide bonds. The van der Waals surface area contributed by atoms with Gasteiger partial charge >= 0.3 is 6.29 Å². The second kappa shape index (κ2) is 9.28. The van der Waals surface area contributed by atoms with Crippen LogP contribution in [0.25, 0.3) is 39.4 Å². The summed E-state index contributed by atoms with van der Waals surface area (Å²) in [5, 5.41) is 9.43. The first kappa shape index (κ1) is 26.2. The van der Waals surface area contributed by atoms with Crippen LogP contribution in [0.3, 0.4) is 0 Å². The number of aromatic nitrogens is 3. The van der Waals surface area contributed by atoms with Gasteiger partial charge in [-0.2, -0.15) is 5.26 Å². The molecule has 0 saturated carbocycles. The molecule has 0 atom stereocenters. The highest BCUT2D eigenvalue weighted by atomic mass is 32.2. The van der Waals surface area contributed by atoms with Crippen LogP contribution in [0.5, 0.6) is 11.5 Å². The molecule has 3 aromatic carbocycles. The molecule has 0 unspecified atom stereocenters. The molecule has 0 radical (unpaired) electrons. The lowest BCUT2D eigenvalue weighted by molar-refractivity contribution is -0.286. The zero-order valence-corrected chi connectivity index (χ0v) is 22.7. The van der Waals surface area contributed by atoms with E-state index in [9.17, 15) is 22.5 Å². The van der Waals surface area contributed by atoms with Crippen molar-refractivity contribution in [2.24, 2.45) is 0 Å². The fourth-order valence-electron chi connectivity index (χ4n) is 4.69. The Balaban J connectivity index is 1.57. The van der Waals surface area contributed by atoms with Crippen LogP contribution in [-0.2, 0) is 9.84 Å². The van der Waals surface area contributed by atoms with Crippen LogP contribution >= 0.6 is 0 Å². The molecule has 5 aromatic rings. The van der Waals surface area contributed by atoms with Gasteiger partial charge < -0.3 is 18.5 Å². The lowest BCUT2D eigenvalue weighted by Crippen LogP contribution is -2.25. The third-order valence-electron chi connectivity index (χ3n) is 6.50. The lowest BCUT2D eigenvalue weighted by Gasteiger charge is -2.14. The van der Waals surface area contributed by atoms with Crippen molar-refractivity contribution in [3.63, 3.8) is 0 Å². The second-order valence-electron chi connectivity index (χ2n) is 9.43. The maximum Gasteiger partial charge on any atom is 0.586 e. The number of aryl methyl sites for hydroxylation is 2. The average Bonchev–Trinajstić information content (AvgIpc) is 3.60. The molecule has 0 aliphatic carbocycles. The number of rotatable bonds is 5. The topological polar surface area (TPSA) is 120 Å². The summed E-state index contributed by atoms with van der Waals surface area (Å²) in [5.74, 6) is 0.882. The van der Waals surface area contributed by atoms with Crippen LogP contribution in [0, 0.1) is 25.2 Å². The number of hydrogen-bond donors (Lipinski definition) is 0. The van der Waals surface area contributed by atoms with Crippen molar-refractivity contribution >= 4 is 9.84 Å². The molecule has 41 heavy (non-hydrogen) atoms. The molecule has 2 aromatic heterocycles. The van der Waals surface area contributed by atoms with Crippen molar-refractivity contribution in [2.75, 3.05) is 6.26 Å². The van der Waals surface area contributed by atoms with Crippen molar-refractivity contribution in [3.8, 4) is 57.0 Å². The van der Waals surface area contributed by atoms with Crippen molar-refractivity contribution in [1.82, 2.24) is 14.5 Å². The number of ether oxygens (including phenoxy) is 2. The van der Waals surface area contributed by atoms with Crippen LogP contribution in [0.15, 0.2) is 76.2 Å². The third kappa shape index (κ3) is 4.81. The van der Waals surface area contributed by atoms with E-state index in [1.807, 2.05) is 24.3 Å². The van der Waals surface area contributed by atoms with E-state index in [4.69, 9.17) is 4.42 Å². The summed E-state index contributed by atoms with van der Waals surface area (Å²) in [7, 11) is -3.45. The van der Waals surface area contributed by atoms with Crippen molar-refractivity contribution in [1.29, 1.82) is 5.26 Å². The molecule has 9 nitrogen and oxygen atoms in total. The van der Waals surface area contributed by atoms with Crippen LogP contribution in [0.2, 0.25) is 0 Å². The number of sulfone groups is 1. The maximum atomic E-state index is 13.7. The van der Waals surface area contributed by atoms with E-state index in [-0.39, 0.29) is 27.8 Å². The number of nitriles is 1. The SMILES string of the molecule is Cc1nc(-c2cc(-c3cccc(S(C)(=O)=O)c3)ccc2-n2cc(C#N)nc2C)c(-c2ccc3c(c2)OC(F)(F)O3)o1. The number of nitrogens with zero attached hydrogens (tertiary/aromatic N) is 4. The van der Waals surface area contributed by atoms with E-state index in [2.05, 4.69) is 19.4 Å². The van der Waals surface area contributed by atoms with E-state index < -0.39 is 16.1 Å². The molecule has 3 heterocycles. The van der Waals surface area contributed by atoms with Gasteiger partial charge in [-0.05, 0) is 60.5 Å². The molecular formula is C29H20F2N4O5S. The first-order chi connectivity index (χ1) is 19.4. The lowest BCUT2D eigenvalue weighted by atomic mass is 9.98. The fraction of sp³-hybridized carbons (Fsp3) is 0.138. The highest BCUT2D eigenvalue weighted by Crippen LogP contribution is 2.45. The highest BCUT2D eigenvalue weighted by Gasteiger charge is 2.43. The molecule has 0 bridgehead atoms. The quantitative estimate of drug-likeness (QED) is 0.248. The highest BCUT2D eigenvalue weighted by molar-refractivity contribution is 7.90. The van der Waals surface area contributed by atoms with Gasteiger partial charge in [-0.15, -0.1) is 8.78 Å². The minimum Gasteiger partial charge on any atom is -0.440 e. The van der Waals surface area contributed by atoms with Crippen molar-refractivity contribution in [2.45, 2.75) is 25.0 Å². The molecule has 0 N–H and O–H groups in total. The number of hydrogen-bond acceptors (Lipinski definition) is 8. The largest absolute Gasteiger partial charge is 0.586 e. The summed E-state index contributed by atoms with van der Waals surface area (Å²) < 4.78 is 68.7. The Morgan fingerprint density at radius 1 is 0.927 bits per heavy atom. The molecule has 1 aliphatic rings. The Morgan fingerprint density at radius 3 is 2.39 bits per heavy atom. The van der Waals surface area contributed by atoms with E-state index >= 15 is 0 Å². The van der Waals surface area contributed by atoms with Gasteiger partial charge in [0.15, 0.2) is 38.7 Å². The molecule has 206 valence electrons. The van der Waals surface area contributed by atoms with E-state index in [0.717, 1.165) is 6.26 Å². The van der Waals surface area contributed by atoms with Gasteiger partial charge in [0.05, 0.1) is 10.6 Å². The first-order valence-corrected chi connectivity index (χ1v) is 14.1. The number of halogens is 2. The van der Waals surface area contributed by atoms with Crippen LogP contribution in [0.4, 0.5) is 8.78 Å². The molecule has 1 aliphatic heterocycles. The van der Waals surface area contributed by atoms with E-state index in [1.165, 1.54) is 18.2 Å². The van der Waals surface area contributed by atoms with Gasteiger partial charge in [-0.1, -0.05) is 18.2 Å². The molecule has 0 saturated heterocycles. The van der Waals surface area contributed by atoms with Crippen LogP contribution in [0.1, 0.15) is 17.4 Å². The zero-order valence-electron chi connectivity index (χ0n) is 21.8. The van der Waals surface area contributed by atoms with Gasteiger partial charge in [0, 0.05) is 30.5 Å². The summed E-state index contributed by atoms with van der Waals surface area (Å²) in [6.07, 6.45) is -1.05. The van der Waals surface area contributed by atoms with E-state index in [1.54, 1.807) is 48.9 Å². The van der Waals surface area contributed by atoms with Crippen molar-refractivity contribution in [3.05, 3.63) is 84.3 Å². The van der Waals surface area contributed by atoms with Crippen LogP contribution in [-0.4, -0.2) is 35.5 Å². The molecular weight excluding hydrogens is 554 g/mol. The third-order valence-corrected chi connectivity index (χ3v) is 7.61. The number of benzene rings is 3. The van der Waals surface area contributed by atoms with Crippen molar-refractivity contribution < 1.29 is 31.1 Å². The summed E-state index contributed by atoms with van der Waals surface area (Å²) in [4.78, 5) is 9.09. The van der Waals surface area contributed by atoms with Crippen LogP contribution < -0.4 is 9.47 Å². The Hall–Kier alpha value is -5.02. The molecule has 0 fully saturated rings.